The third-order valence-corrected chi connectivity index (χ3v) is 3.15. The number of anilines is 1. The molecule has 1 amide bonds. The number of nitrogens with one attached hydrogen (secondary N) is 1. The first-order valence-electron chi connectivity index (χ1n) is 6.00. The summed E-state index contributed by atoms with van der Waals surface area (Å²) in [6, 6.07) is 3.82. The molecule has 0 heterocycles. The van der Waals surface area contributed by atoms with Gasteiger partial charge in [0.2, 0.25) is 0 Å². The van der Waals surface area contributed by atoms with Crippen LogP contribution in [0.2, 0.25) is 0 Å². The fourth-order valence-electron chi connectivity index (χ4n) is 1.90. The first kappa shape index (κ1) is 13.2. The van der Waals surface area contributed by atoms with Crippen LogP contribution in [0.4, 0.5) is 5.69 Å². The number of nitrogen functional groups attached to an aromatic ring is 1. The number of hydrogen-bond donors (Lipinski definition) is 3. The van der Waals surface area contributed by atoms with Gasteiger partial charge in [-0.15, -0.1) is 0 Å². The average molecular weight is 264 g/mol. The Morgan fingerprint density at radius 2 is 2.16 bits per heavy atom. The van der Waals surface area contributed by atoms with E-state index in [1.54, 1.807) is 6.07 Å². The van der Waals surface area contributed by atoms with Crippen molar-refractivity contribution in [3.63, 3.8) is 0 Å². The molecular formula is C13H16N2O4. The number of aliphatic carboxylic acids is 1. The lowest BCUT2D eigenvalue weighted by molar-refractivity contribution is -0.139. The minimum absolute atomic E-state index is 0.0286. The maximum absolute atomic E-state index is 12.0. The largest absolute Gasteiger partial charge is 0.497 e. The van der Waals surface area contributed by atoms with Crippen LogP contribution in [0.25, 0.3) is 0 Å². The van der Waals surface area contributed by atoms with Gasteiger partial charge in [-0.25, -0.2) is 4.79 Å². The van der Waals surface area contributed by atoms with Crippen molar-refractivity contribution in [1.29, 1.82) is 0 Å². The zero-order valence-corrected chi connectivity index (χ0v) is 10.6. The van der Waals surface area contributed by atoms with Gasteiger partial charge < -0.3 is 20.9 Å². The van der Waals surface area contributed by atoms with Crippen molar-refractivity contribution in [2.24, 2.45) is 5.92 Å². The smallest absolute Gasteiger partial charge is 0.326 e. The summed E-state index contributed by atoms with van der Waals surface area (Å²) in [6.07, 6.45) is 1.66. The summed E-state index contributed by atoms with van der Waals surface area (Å²) < 4.78 is 4.99. The number of nitrogens with two attached hydrogens (primary N) is 1. The quantitative estimate of drug-likeness (QED) is 0.685. The Morgan fingerprint density at radius 3 is 2.63 bits per heavy atom. The molecule has 0 aromatic heterocycles. The SMILES string of the molecule is COc1ccc(C(=O)NC(C(=O)O)C2CC2)c(N)c1. The standard InChI is InChI=1S/C13H16N2O4/c1-19-8-4-5-9(10(14)6-8)12(16)15-11(13(17)18)7-2-3-7/h4-7,11H,2-3,14H2,1H3,(H,15,16)(H,17,18). The number of methoxy groups -OCH3 is 1. The number of benzene rings is 1. The second-order valence-electron chi connectivity index (χ2n) is 4.58. The summed E-state index contributed by atoms with van der Waals surface area (Å²) in [6.45, 7) is 0. The molecule has 6 nitrogen and oxygen atoms in total. The lowest BCUT2D eigenvalue weighted by Crippen LogP contribution is -2.42. The average Bonchev–Trinajstić information content (AvgIpc) is 3.19. The number of rotatable bonds is 5. The molecule has 0 spiro atoms. The Balaban J connectivity index is 2.12. The highest BCUT2D eigenvalue weighted by molar-refractivity contribution is 6.01. The van der Waals surface area contributed by atoms with E-state index in [1.807, 2.05) is 0 Å². The normalized spacial score (nSPS) is 15.6. The van der Waals surface area contributed by atoms with Crippen molar-refractivity contribution >= 4 is 17.6 Å². The number of amides is 1. The van der Waals surface area contributed by atoms with Crippen LogP contribution in [0.1, 0.15) is 23.2 Å². The lowest BCUT2D eigenvalue weighted by atomic mass is 10.1. The maximum Gasteiger partial charge on any atom is 0.326 e. The molecule has 1 atom stereocenters. The van der Waals surface area contributed by atoms with E-state index in [0.717, 1.165) is 12.8 Å². The van der Waals surface area contributed by atoms with Gasteiger partial charge in [0.05, 0.1) is 12.7 Å². The van der Waals surface area contributed by atoms with Crippen LogP contribution in [0.15, 0.2) is 18.2 Å². The van der Waals surface area contributed by atoms with E-state index in [-0.39, 0.29) is 17.2 Å². The van der Waals surface area contributed by atoms with Crippen molar-refractivity contribution in [1.82, 2.24) is 5.32 Å². The van der Waals surface area contributed by atoms with Crippen LogP contribution in [-0.2, 0) is 4.79 Å². The third kappa shape index (κ3) is 2.96. The van der Waals surface area contributed by atoms with E-state index in [1.165, 1.54) is 19.2 Å². The molecule has 1 saturated carbocycles. The summed E-state index contributed by atoms with van der Waals surface area (Å²) in [7, 11) is 1.50. The maximum atomic E-state index is 12.0. The molecule has 0 aliphatic heterocycles. The lowest BCUT2D eigenvalue weighted by Gasteiger charge is -2.14. The predicted octanol–water partition coefficient (Wildman–Crippen LogP) is 0.870. The Bertz CT molecular complexity index is 511. The summed E-state index contributed by atoms with van der Waals surface area (Å²) in [5.41, 5.74) is 6.27. The number of carbonyl (C=O) groups is 2. The molecule has 4 N–H and O–H groups in total. The topological polar surface area (TPSA) is 102 Å². The summed E-state index contributed by atoms with van der Waals surface area (Å²) >= 11 is 0. The summed E-state index contributed by atoms with van der Waals surface area (Å²) in [5.74, 6) is -0.908. The van der Waals surface area contributed by atoms with Gasteiger partial charge in [-0.3, -0.25) is 4.79 Å². The fraction of sp³-hybridized carbons (Fsp3) is 0.385. The molecule has 6 heteroatoms. The van der Waals surface area contributed by atoms with Gasteiger partial charge in [-0.05, 0) is 30.9 Å². The summed E-state index contributed by atoms with van der Waals surface area (Å²) in [5, 5.41) is 11.6. The second-order valence-corrected chi connectivity index (χ2v) is 4.58. The molecule has 1 aliphatic carbocycles. The first-order valence-corrected chi connectivity index (χ1v) is 6.00. The second kappa shape index (κ2) is 5.17. The minimum Gasteiger partial charge on any atom is -0.497 e. The van der Waals surface area contributed by atoms with E-state index in [0.29, 0.717) is 5.75 Å². The third-order valence-electron chi connectivity index (χ3n) is 3.15. The molecule has 1 unspecified atom stereocenters. The van der Waals surface area contributed by atoms with Gasteiger partial charge in [-0.1, -0.05) is 0 Å². The Hall–Kier alpha value is -2.24. The van der Waals surface area contributed by atoms with Crippen molar-refractivity contribution < 1.29 is 19.4 Å². The highest BCUT2D eigenvalue weighted by atomic mass is 16.5. The number of carboxylic acids is 1. The van der Waals surface area contributed by atoms with E-state index in [9.17, 15) is 9.59 Å². The molecule has 0 radical (unpaired) electrons. The molecule has 1 aliphatic rings. The van der Waals surface area contributed by atoms with Crippen LogP contribution < -0.4 is 15.8 Å². The van der Waals surface area contributed by atoms with Crippen molar-refractivity contribution in [2.45, 2.75) is 18.9 Å². The van der Waals surface area contributed by atoms with Gasteiger partial charge in [0.15, 0.2) is 0 Å². The van der Waals surface area contributed by atoms with Crippen LogP contribution in [-0.4, -0.2) is 30.1 Å². The van der Waals surface area contributed by atoms with Crippen LogP contribution >= 0.6 is 0 Å². The minimum atomic E-state index is -1.01. The highest BCUT2D eigenvalue weighted by Gasteiger charge is 2.37. The molecule has 102 valence electrons. The van der Waals surface area contributed by atoms with Gasteiger partial charge in [0, 0.05) is 11.8 Å². The molecular weight excluding hydrogens is 248 g/mol. The van der Waals surface area contributed by atoms with Crippen LogP contribution in [0, 0.1) is 5.92 Å². The van der Waals surface area contributed by atoms with E-state index in [4.69, 9.17) is 15.6 Å². The predicted molar refractivity (Wildman–Crippen MR) is 69.0 cm³/mol. The monoisotopic (exact) mass is 264 g/mol. The summed E-state index contributed by atoms with van der Waals surface area (Å²) in [4.78, 5) is 23.1. The number of carbonyl (C=O) groups excluding carboxylic acids is 1. The van der Waals surface area contributed by atoms with Crippen LogP contribution in [0.3, 0.4) is 0 Å². The first-order chi connectivity index (χ1) is 9.02. The fourth-order valence-corrected chi connectivity index (χ4v) is 1.90. The zero-order chi connectivity index (χ0) is 14.0. The molecule has 19 heavy (non-hydrogen) atoms. The zero-order valence-electron chi connectivity index (χ0n) is 10.6. The number of carboxylic acid groups (broad SMARTS) is 1. The Kier molecular flexibility index (Phi) is 3.59. The Labute approximate surface area is 110 Å². The molecule has 1 aromatic carbocycles. The van der Waals surface area contributed by atoms with E-state index in [2.05, 4.69) is 5.32 Å². The van der Waals surface area contributed by atoms with Crippen molar-refractivity contribution in [2.75, 3.05) is 12.8 Å². The van der Waals surface area contributed by atoms with Crippen molar-refractivity contribution in [3.8, 4) is 5.75 Å². The van der Waals surface area contributed by atoms with Crippen molar-refractivity contribution in [3.05, 3.63) is 23.8 Å². The van der Waals surface area contributed by atoms with Gasteiger partial charge in [0.25, 0.3) is 5.91 Å². The number of hydrogen-bond acceptors (Lipinski definition) is 4. The molecule has 0 saturated heterocycles. The van der Waals surface area contributed by atoms with Crippen LogP contribution in [0.5, 0.6) is 5.75 Å². The molecule has 0 bridgehead atoms. The molecule has 2 rings (SSSR count). The highest BCUT2D eigenvalue weighted by Crippen LogP contribution is 2.33. The van der Waals surface area contributed by atoms with Gasteiger partial charge >= 0.3 is 5.97 Å². The van der Waals surface area contributed by atoms with E-state index < -0.39 is 17.9 Å². The van der Waals surface area contributed by atoms with Gasteiger partial charge in [0.1, 0.15) is 11.8 Å². The molecule has 1 aromatic rings. The number of ether oxygens (including phenoxy) is 1. The van der Waals surface area contributed by atoms with Gasteiger partial charge in [-0.2, -0.15) is 0 Å². The van der Waals surface area contributed by atoms with E-state index >= 15 is 0 Å². The molecule has 1 fully saturated rings. The Morgan fingerprint density at radius 1 is 1.47 bits per heavy atom.